The van der Waals surface area contributed by atoms with Crippen LogP contribution >= 0.6 is 15.9 Å². The van der Waals surface area contributed by atoms with E-state index in [1.54, 1.807) is 0 Å². The van der Waals surface area contributed by atoms with E-state index in [9.17, 15) is 0 Å². The normalized spacial score (nSPS) is 19.1. The Labute approximate surface area is 240 Å². The third kappa shape index (κ3) is 5.43. The van der Waals surface area contributed by atoms with Crippen LogP contribution < -0.4 is 0 Å². The van der Waals surface area contributed by atoms with E-state index in [0.717, 1.165) is 4.47 Å². The van der Waals surface area contributed by atoms with Gasteiger partial charge in [0.05, 0.1) is 0 Å². The molecule has 37 heavy (non-hydrogen) atoms. The van der Waals surface area contributed by atoms with Crippen LogP contribution in [0.15, 0.2) is 59.1 Å². The van der Waals surface area contributed by atoms with Gasteiger partial charge in [-0.3, -0.25) is 0 Å². The number of rotatable bonds is 4. The van der Waals surface area contributed by atoms with Crippen molar-refractivity contribution >= 4 is 50.5 Å². The molecule has 0 radical (unpaired) electrons. The monoisotopic (exact) mass is 674 g/mol. The second-order valence-corrected chi connectivity index (χ2v) is 34.2. The van der Waals surface area contributed by atoms with Crippen molar-refractivity contribution in [2.45, 2.75) is 112 Å². The third-order valence-electron chi connectivity index (χ3n) is 8.73. The summed E-state index contributed by atoms with van der Waals surface area (Å²) in [5.41, 5.74) is 2.86. The van der Waals surface area contributed by atoms with E-state index in [0.29, 0.717) is 0 Å². The molecule has 0 saturated carbocycles. The molecule has 1 heterocycles. The van der Waals surface area contributed by atoms with Crippen molar-refractivity contribution in [1.29, 1.82) is 0 Å². The minimum absolute atomic E-state index is 0.108. The molecule has 0 bridgehead atoms. The average Bonchev–Trinajstić information content (AvgIpc) is 2.92. The quantitative estimate of drug-likeness (QED) is 0.238. The third-order valence-corrected chi connectivity index (χ3v) is 32.3. The van der Waals surface area contributed by atoms with Crippen molar-refractivity contribution in [1.82, 2.24) is 0 Å². The summed E-state index contributed by atoms with van der Waals surface area (Å²) >= 11 is 0.0733. The van der Waals surface area contributed by atoms with Crippen molar-refractivity contribution in [2.75, 3.05) is 0 Å². The zero-order chi connectivity index (χ0) is 28.2. The maximum atomic E-state index is 6.88. The van der Waals surface area contributed by atoms with Gasteiger partial charge in [-0.25, -0.2) is 0 Å². The van der Waals surface area contributed by atoms with Crippen molar-refractivity contribution in [3.63, 3.8) is 0 Å². The molecule has 1 saturated heterocycles. The molecule has 0 unspecified atom stereocenters. The van der Waals surface area contributed by atoms with Gasteiger partial charge in [-0.1, -0.05) is 0 Å². The Hall–Kier alpha value is -0.556. The van der Waals surface area contributed by atoms with Crippen LogP contribution in [-0.4, -0.2) is 36.7 Å². The second-order valence-electron chi connectivity index (χ2n) is 14.7. The van der Waals surface area contributed by atoms with Crippen molar-refractivity contribution in [2.24, 2.45) is 0 Å². The van der Waals surface area contributed by atoms with Gasteiger partial charge in [0.25, 0.3) is 0 Å². The molecule has 202 valence electrons. The van der Waals surface area contributed by atoms with Crippen LogP contribution in [0.4, 0.5) is 0 Å². The molecule has 5 heteroatoms. The van der Waals surface area contributed by atoms with Crippen molar-refractivity contribution < 1.29 is 9.31 Å². The predicted octanol–water partition coefficient (Wildman–Crippen LogP) is 10.4. The van der Waals surface area contributed by atoms with Crippen LogP contribution in [0.2, 0.25) is 10.3 Å². The predicted molar refractivity (Wildman–Crippen MR) is 168 cm³/mol. The Morgan fingerprint density at radius 3 is 1.43 bits per heavy atom. The van der Waals surface area contributed by atoms with Crippen molar-refractivity contribution in [3.8, 4) is 0 Å². The standard InChI is InChI=1S/C20H21BBrO2.3C4H9.Sn/c1-19(2)20(3,4)24-21(23-19)18(16-8-6-5-7-9-16)14-15-10-12-17(22)13-11-15;3*1-4(2)3;/h5-13H,1-4H3;3*1-3H3;. The molecule has 0 amide bonds. The van der Waals surface area contributed by atoms with Gasteiger partial charge in [0.15, 0.2) is 0 Å². The van der Waals surface area contributed by atoms with Gasteiger partial charge in [0.2, 0.25) is 0 Å². The molecule has 1 aliphatic heterocycles. The molecule has 2 aromatic rings. The molecule has 3 rings (SSSR count). The van der Waals surface area contributed by atoms with Crippen LogP contribution in [0, 0.1) is 0 Å². The summed E-state index contributed by atoms with van der Waals surface area (Å²) in [6, 6.07) is 19.8. The molecular weight excluding hydrogens is 626 g/mol. The van der Waals surface area contributed by atoms with Gasteiger partial charge in [-0.05, 0) is 0 Å². The van der Waals surface area contributed by atoms with Crippen LogP contribution in [0.25, 0.3) is 9.06 Å². The molecule has 1 aliphatic rings. The number of hydrogen-bond acceptors (Lipinski definition) is 2. The Morgan fingerprint density at radius 2 is 1.05 bits per heavy atom. The van der Waals surface area contributed by atoms with E-state index in [1.807, 2.05) is 0 Å². The second kappa shape index (κ2) is 10.1. The summed E-state index contributed by atoms with van der Waals surface area (Å²) in [7, 11) is -0.450. The first-order chi connectivity index (χ1) is 16.7. The summed E-state index contributed by atoms with van der Waals surface area (Å²) in [6.07, 6.45) is 0. The fourth-order valence-corrected chi connectivity index (χ4v) is 37.2. The van der Waals surface area contributed by atoms with Gasteiger partial charge in [-0.15, -0.1) is 0 Å². The summed E-state index contributed by atoms with van der Waals surface area (Å²) in [4.78, 5) is 0. The van der Waals surface area contributed by atoms with Crippen LogP contribution in [0.5, 0.6) is 0 Å². The average molecular weight is 674 g/mol. The van der Waals surface area contributed by atoms with Crippen LogP contribution in [-0.2, 0) is 9.31 Å². The molecule has 0 atom stereocenters. The van der Waals surface area contributed by atoms with Gasteiger partial charge in [0, 0.05) is 0 Å². The van der Waals surface area contributed by atoms with Gasteiger partial charge in [-0.2, -0.15) is 0 Å². The Kier molecular flexibility index (Phi) is 8.48. The maximum absolute atomic E-state index is 6.88. The summed E-state index contributed by atoms with van der Waals surface area (Å²) in [5, 5.41) is 0. The molecule has 0 spiro atoms. The molecule has 1 fully saturated rings. The molecule has 0 N–H and O–H groups in total. The Morgan fingerprint density at radius 1 is 0.649 bits per heavy atom. The summed E-state index contributed by atoms with van der Waals surface area (Å²) in [5.74, 6) is 0. The first kappa shape index (κ1) is 31.0. The first-order valence-corrected chi connectivity index (χ1v) is 20.1. The molecule has 0 aliphatic carbocycles. The van der Waals surface area contributed by atoms with Gasteiger partial charge < -0.3 is 0 Å². The van der Waals surface area contributed by atoms with Gasteiger partial charge in [0.1, 0.15) is 0 Å². The SMILES string of the molecule is CC1(C)OB(/C(=[C](/c2ccc(Br)cc2)[Sn]([C](C)(C)C)([C](C)(C)C)[C](C)(C)C)c2ccccc2)OC1(C)C. The van der Waals surface area contributed by atoms with Crippen LogP contribution in [0.3, 0.4) is 0 Å². The van der Waals surface area contributed by atoms with E-state index in [4.69, 9.17) is 9.31 Å². The van der Waals surface area contributed by atoms with Crippen molar-refractivity contribution in [3.05, 3.63) is 70.2 Å². The Bertz CT molecular complexity index is 1080. The topological polar surface area (TPSA) is 18.5 Å². The summed E-state index contributed by atoms with van der Waals surface area (Å²) in [6.45, 7) is 31.0. The number of hydrogen-bond donors (Lipinski definition) is 0. The van der Waals surface area contributed by atoms with Crippen LogP contribution in [0.1, 0.15) is 101 Å². The van der Waals surface area contributed by atoms with E-state index in [2.05, 4.69) is 161 Å². The molecule has 2 nitrogen and oxygen atoms in total. The molecule has 0 aromatic heterocycles. The van der Waals surface area contributed by atoms with Gasteiger partial charge >= 0.3 is 241 Å². The fourth-order valence-electron chi connectivity index (χ4n) is 7.67. The van der Waals surface area contributed by atoms with E-state index >= 15 is 0 Å². The molecular formula is C32H48BBrO2Sn. The summed E-state index contributed by atoms with van der Waals surface area (Å²) < 4.78 is 16.7. The zero-order valence-corrected chi connectivity index (χ0v) is 29.9. The fraction of sp³-hybridized carbons (Fsp3) is 0.562. The minimum atomic E-state index is -3.62. The Balaban J connectivity index is 2.65. The number of halogens is 1. The molecule has 2 aromatic carbocycles. The number of benzene rings is 2. The van der Waals surface area contributed by atoms with E-state index < -0.39 is 36.7 Å². The first-order valence-electron chi connectivity index (χ1n) is 13.6. The van der Waals surface area contributed by atoms with E-state index in [-0.39, 0.29) is 10.3 Å². The van der Waals surface area contributed by atoms with E-state index in [1.165, 1.54) is 20.2 Å². The zero-order valence-electron chi connectivity index (χ0n) is 25.5.